The Labute approximate surface area is 115 Å². The molecular formula is C15H27NO3. The van der Waals surface area contributed by atoms with Crippen LogP contribution in [-0.2, 0) is 9.47 Å². The fraction of sp³-hybridized carbons (Fsp3) is 1.00. The highest BCUT2D eigenvalue weighted by atomic mass is 16.5. The third-order valence-electron chi connectivity index (χ3n) is 5.30. The van der Waals surface area contributed by atoms with Gasteiger partial charge in [-0.1, -0.05) is 0 Å². The van der Waals surface area contributed by atoms with Crippen LogP contribution < -0.4 is 5.32 Å². The molecule has 6 atom stereocenters. The van der Waals surface area contributed by atoms with Crippen LogP contribution >= 0.6 is 0 Å². The van der Waals surface area contributed by atoms with Gasteiger partial charge in [0.15, 0.2) is 0 Å². The average Bonchev–Trinajstić information content (AvgIpc) is 2.78. The minimum Gasteiger partial charge on any atom is -0.389 e. The van der Waals surface area contributed by atoms with Gasteiger partial charge in [0.05, 0.1) is 25.4 Å². The van der Waals surface area contributed by atoms with E-state index in [1.54, 1.807) is 7.11 Å². The van der Waals surface area contributed by atoms with E-state index in [4.69, 9.17) is 9.47 Å². The first-order chi connectivity index (χ1) is 9.20. The largest absolute Gasteiger partial charge is 0.389 e. The number of ether oxygens (including phenoxy) is 2. The maximum Gasteiger partial charge on any atom is 0.0897 e. The molecule has 2 N–H and O–H groups in total. The number of rotatable bonds is 8. The third kappa shape index (κ3) is 2.82. The Balaban J connectivity index is 1.31. The van der Waals surface area contributed by atoms with Crippen LogP contribution in [0, 0.1) is 23.7 Å². The Bertz CT molecular complexity index is 296. The van der Waals surface area contributed by atoms with E-state index in [0.717, 1.165) is 23.7 Å². The van der Waals surface area contributed by atoms with Gasteiger partial charge in [-0.15, -0.1) is 0 Å². The van der Waals surface area contributed by atoms with Crippen molar-refractivity contribution in [2.24, 2.45) is 23.7 Å². The molecular weight excluding hydrogens is 242 g/mol. The summed E-state index contributed by atoms with van der Waals surface area (Å²) in [5.41, 5.74) is 0. The molecule has 4 nitrogen and oxygen atoms in total. The van der Waals surface area contributed by atoms with Crippen molar-refractivity contribution in [3.05, 3.63) is 0 Å². The second-order valence-corrected chi connectivity index (χ2v) is 6.68. The summed E-state index contributed by atoms with van der Waals surface area (Å²) in [5.74, 6) is 3.84. The summed E-state index contributed by atoms with van der Waals surface area (Å²) >= 11 is 0. The Morgan fingerprint density at radius 2 is 1.89 bits per heavy atom. The van der Waals surface area contributed by atoms with Crippen LogP contribution in [0.5, 0.6) is 0 Å². The highest BCUT2D eigenvalue weighted by Gasteiger charge is 2.64. The number of hydrogen-bond donors (Lipinski definition) is 2. The van der Waals surface area contributed by atoms with E-state index < -0.39 is 6.10 Å². The monoisotopic (exact) mass is 269 g/mol. The summed E-state index contributed by atoms with van der Waals surface area (Å²) < 4.78 is 10.5. The van der Waals surface area contributed by atoms with Crippen molar-refractivity contribution in [3.63, 3.8) is 0 Å². The summed E-state index contributed by atoms with van der Waals surface area (Å²) in [6.07, 6.45) is 4.02. The lowest BCUT2D eigenvalue weighted by Crippen LogP contribution is -2.35. The van der Waals surface area contributed by atoms with Gasteiger partial charge in [0.2, 0.25) is 0 Å². The van der Waals surface area contributed by atoms with Crippen LogP contribution in [0.25, 0.3) is 0 Å². The molecule has 0 aliphatic heterocycles. The first-order valence-corrected chi connectivity index (χ1v) is 7.72. The zero-order valence-corrected chi connectivity index (χ0v) is 12.0. The van der Waals surface area contributed by atoms with E-state index in [-0.39, 0.29) is 6.10 Å². The molecule has 6 unspecified atom stereocenters. The van der Waals surface area contributed by atoms with Gasteiger partial charge in [0.25, 0.3) is 0 Å². The van der Waals surface area contributed by atoms with Crippen LogP contribution in [0.3, 0.4) is 0 Å². The van der Waals surface area contributed by atoms with E-state index in [2.05, 4.69) is 5.32 Å². The number of aliphatic hydroxyl groups excluding tert-OH is 1. The summed E-state index contributed by atoms with van der Waals surface area (Å²) in [5, 5.41) is 13.5. The van der Waals surface area contributed by atoms with Gasteiger partial charge < -0.3 is 19.9 Å². The molecule has 0 radical (unpaired) electrons. The van der Waals surface area contributed by atoms with Gasteiger partial charge in [0, 0.05) is 19.7 Å². The molecule has 0 saturated heterocycles. The Morgan fingerprint density at radius 3 is 2.53 bits per heavy atom. The lowest BCUT2D eigenvalue weighted by Gasteiger charge is -2.17. The van der Waals surface area contributed by atoms with Crippen LogP contribution in [0.1, 0.15) is 26.2 Å². The highest BCUT2D eigenvalue weighted by molar-refractivity contribution is 5.16. The lowest BCUT2D eigenvalue weighted by molar-refractivity contribution is -0.0313. The fourth-order valence-corrected chi connectivity index (χ4v) is 4.49. The van der Waals surface area contributed by atoms with Crippen molar-refractivity contribution in [1.82, 2.24) is 5.32 Å². The minimum atomic E-state index is -0.404. The van der Waals surface area contributed by atoms with Crippen molar-refractivity contribution in [2.75, 3.05) is 26.9 Å². The van der Waals surface area contributed by atoms with Gasteiger partial charge in [-0.2, -0.15) is 0 Å². The summed E-state index contributed by atoms with van der Waals surface area (Å²) in [6.45, 7) is 3.60. The number of aliphatic hydroxyl groups is 1. The Kier molecular flexibility index (Phi) is 4.13. The molecule has 4 heteroatoms. The van der Waals surface area contributed by atoms with Gasteiger partial charge in [-0.05, 0) is 49.9 Å². The summed E-state index contributed by atoms with van der Waals surface area (Å²) in [4.78, 5) is 0. The Hall–Kier alpha value is -0.160. The standard InChI is InChI=1S/C15H27NO3/c1-9(7-18-2)19-8-12(17)6-16-15-13-10-3-4-11(5-10)14(13)15/h9-17H,3-8H2,1-2H3. The molecule has 2 bridgehead atoms. The fourth-order valence-electron chi connectivity index (χ4n) is 4.49. The average molecular weight is 269 g/mol. The number of hydrogen-bond acceptors (Lipinski definition) is 4. The molecule has 0 spiro atoms. The second kappa shape index (κ2) is 5.68. The summed E-state index contributed by atoms with van der Waals surface area (Å²) in [7, 11) is 1.66. The zero-order chi connectivity index (χ0) is 13.4. The highest BCUT2D eigenvalue weighted by Crippen LogP contribution is 2.65. The van der Waals surface area contributed by atoms with E-state index in [9.17, 15) is 5.11 Å². The normalized spacial score (nSPS) is 42.2. The summed E-state index contributed by atoms with van der Waals surface area (Å²) in [6, 6.07) is 0.692. The molecule has 3 aliphatic carbocycles. The van der Waals surface area contributed by atoms with Crippen LogP contribution in [-0.4, -0.2) is 50.2 Å². The third-order valence-corrected chi connectivity index (χ3v) is 5.30. The quantitative estimate of drug-likeness (QED) is 0.691. The molecule has 0 aromatic carbocycles. The minimum absolute atomic E-state index is 0.0517. The van der Waals surface area contributed by atoms with Crippen molar-refractivity contribution < 1.29 is 14.6 Å². The molecule has 0 amide bonds. The molecule has 0 aromatic rings. The zero-order valence-electron chi connectivity index (χ0n) is 12.0. The maximum absolute atomic E-state index is 9.93. The van der Waals surface area contributed by atoms with Crippen LogP contribution in [0.2, 0.25) is 0 Å². The molecule has 110 valence electrons. The van der Waals surface area contributed by atoms with Crippen molar-refractivity contribution >= 4 is 0 Å². The van der Waals surface area contributed by atoms with Crippen molar-refractivity contribution in [3.8, 4) is 0 Å². The van der Waals surface area contributed by atoms with Crippen molar-refractivity contribution in [2.45, 2.75) is 44.4 Å². The van der Waals surface area contributed by atoms with Crippen LogP contribution in [0.4, 0.5) is 0 Å². The van der Waals surface area contributed by atoms with E-state index in [1.807, 2.05) is 6.92 Å². The van der Waals surface area contributed by atoms with Gasteiger partial charge in [-0.25, -0.2) is 0 Å². The maximum atomic E-state index is 9.93. The number of nitrogens with one attached hydrogen (secondary N) is 1. The molecule has 3 saturated carbocycles. The van der Waals surface area contributed by atoms with Gasteiger partial charge >= 0.3 is 0 Å². The lowest BCUT2D eigenvalue weighted by atomic mass is 10.0. The first-order valence-electron chi connectivity index (χ1n) is 7.72. The second-order valence-electron chi connectivity index (χ2n) is 6.68. The predicted molar refractivity (Wildman–Crippen MR) is 72.9 cm³/mol. The predicted octanol–water partition coefficient (Wildman–Crippen LogP) is 1.03. The van der Waals surface area contributed by atoms with E-state index >= 15 is 0 Å². The molecule has 0 aromatic heterocycles. The molecule has 3 fully saturated rings. The number of fused-ring (bicyclic) bond motifs is 5. The van der Waals surface area contributed by atoms with Crippen molar-refractivity contribution in [1.29, 1.82) is 0 Å². The molecule has 0 heterocycles. The SMILES string of the molecule is COCC(C)OCC(O)CNC1C2C3CCC(C3)C12. The van der Waals surface area contributed by atoms with Gasteiger partial charge in [0.1, 0.15) is 0 Å². The van der Waals surface area contributed by atoms with E-state index in [1.165, 1.54) is 19.3 Å². The smallest absolute Gasteiger partial charge is 0.0897 e. The van der Waals surface area contributed by atoms with Crippen LogP contribution in [0.15, 0.2) is 0 Å². The molecule has 3 aliphatic rings. The Morgan fingerprint density at radius 1 is 1.21 bits per heavy atom. The molecule has 3 rings (SSSR count). The first kappa shape index (κ1) is 13.8. The topological polar surface area (TPSA) is 50.7 Å². The molecule has 19 heavy (non-hydrogen) atoms. The number of methoxy groups -OCH3 is 1. The van der Waals surface area contributed by atoms with Gasteiger partial charge in [-0.3, -0.25) is 0 Å². The van der Waals surface area contributed by atoms with E-state index in [0.29, 0.717) is 25.8 Å².